The first-order chi connectivity index (χ1) is 15.9. The number of carbonyl (C=O) groups is 1. The molecule has 1 saturated heterocycles. The number of pyridine rings is 1. The summed E-state index contributed by atoms with van der Waals surface area (Å²) in [5, 5.41) is 3.17. The largest absolute Gasteiger partial charge is 0.371 e. The molecule has 1 atom stereocenters. The summed E-state index contributed by atoms with van der Waals surface area (Å²) < 4.78 is 75.5. The molecule has 1 aromatic heterocycles. The molecule has 1 unspecified atom stereocenters. The molecule has 6 nitrogen and oxygen atoms in total. The average molecular weight is 495 g/mol. The minimum atomic E-state index is -3.11. The van der Waals surface area contributed by atoms with Gasteiger partial charge in [0.2, 0.25) is 5.92 Å². The third-order valence-corrected chi connectivity index (χ3v) is 6.71. The van der Waals surface area contributed by atoms with E-state index < -0.39 is 39.6 Å². The van der Waals surface area contributed by atoms with E-state index in [4.69, 9.17) is 4.78 Å². The Bertz CT molecular complexity index is 1380. The van der Waals surface area contributed by atoms with E-state index in [1.165, 1.54) is 36.7 Å². The van der Waals surface area contributed by atoms with E-state index in [0.29, 0.717) is 11.1 Å². The number of amides is 1. The van der Waals surface area contributed by atoms with E-state index in [0.717, 1.165) is 12.1 Å². The molecule has 0 bridgehead atoms. The number of benzene rings is 2. The van der Waals surface area contributed by atoms with E-state index >= 15 is 0 Å². The molecule has 1 fully saturated rings. The maximum atomic E-state index is 14.0. The van der Waals surface area contributed by atoms with Crippen LogP contribution in [0.1, 0.15) is 29.6 Å². The molecule has 4 rings (SSSR count). The molecule has 2 heterocycles. The molecule has 2 aromatic carbocycles. The maximum Gasteiger partial charge on any atom is 0.255 e. The van der Waals surface area contributed by atoms with Crippen LogP contribution in [0, 0.1) is 16.4 Å². The highest BCUT2D eigenvalue weighted by atomic mass is 32.2. The van der Waals surface area contributed by atoms with Crippen molar-refractivity contribution in [3.05, 3.63) is 59.8 Å². The Morgan fingerprint density at radius 3 is 2.59 bits per heavy atom. The topological polar surface area (TPSA) is 86.2 Å². The van der Waals surface area contributed by atoms with Gasteiger partial charge in [0.25, 0.3) is 5.91 Å². The summed E-state index contributed by atoms with van der Waals surface area (Å²) in [5.41, 5.74) is 0.710. The Morgan fingerprint density at radius 2 is 1.85 bits per heavy atom. The first-order valence-electron chi connectivity index (χ1n) is 10.5. The minimum Gasteiger partial charge on any atom is -0.371 e. The molecule has 3 aromatic rings. The van der Waals surface area contributed by atoms with E-state index in [1.54, 1.807) is 4.90 Å². The third kappa shape index (κ3) is 5.14. The van der Waals surface area contributed by atoms with Crippen LogP contribution in [0.3, 0.4) is 0 Å². The van der Waals surface area contributed by atoms with Crippen molar-refractivity contribution in [3.63, 3.8) is 0 Å². The molecule has 0 spiro atoms. The lowest BCUT2D eigenvalue weighted by Gasteiger charge is -2.25. The van der Waals surface area contributed by atoms with Gasteiger partial charge < -0.3 is 10.2 Å². The zero-order chi connectivity index (χ0) is 24.7. The summed E-state index contributed by atoms with van der Waals surface area (Å²) in [5.74, 6) is -5.58. The molecule has 1 aliphatic heterocycles. The number of aromatic nitrogens is 1. The van der Waals surface area contributed by atoms with Crippen LogP contribution in [0.5, 0.6) is 0 Å². The standard InChI is InChI=1S/C23H22F4N4O2S/c1-34(28,33)21-12-16(3-6-29-21)30-22(32)15-9-14-10-18(24)19(25)13-17(14)20(11-15)31-7-2-4-23(26,27)5-8-31/h3,6,9-13,28H,2,4-5,7-8H2,1H3,(H,29,30,32). The Balaban J connectivity index is 1.75. The van der Waals surface area contributed by atoms with Crippen molar-refractivity contribution < 1.29 is 26.6 Å². The lowest BCUT2D eigenvalue weighted by molar-refractivity contribution is -0.0102. The second kappa shape index (κ2) is 8.86. The van der Waals surface area contributed by atoms with Crippen molar-refractivity contribution in [2.45, 2.75) is 30.2 Å². The second-order valence-corrected chi connectivity index (χ2v) is 10.5. The number of nitrogens with one attached hydrogen (secondary N) is 2. The fourth-order valence-electron chi connectivity index (χ4n) is 3.94. The lowest BCUT2D eigenvalue weighted by atomic mass is 10.0. The van der Waals surface area contributed by atoms with Crippen molar-refractivity contribution in [1.82, 2.24) is 4.98 Å². The van der Waals surface area contributed by atoms with Crippen LogP contribution in [-0.4, -0.2) is 40.4 Å². The Kier molecular flexibility index (Phi) is 6.24. The van der Waals surface area contributed by atoms with Gasteiger partial charge in [-0.25, -0.2) is 31.5 Å². The number of halogens is 4. The van der Waals surface area contributed by atoms with E-state index in [2.05, 4.69) is 10.3 Å². The Morgan fingerprint density at radius 1 is 1.12 bits per heavy atom. The van der Waals surface area contributed by atoms with E-state index in [-0.39, 0.29) is 47.6 Å². The van der Waals surface area contributed by atoms with Gasteiger partial charge in [0, 0.05) is 60.7 Å². The predicted molar refractivity (Wildman–Crippen MR) is 122 cm³/mol. The summed E-state index contributed by atoms with van der Waals surface area (Å²) in [4.78, 5) is 18.6. The summed E-state index contributed by atoms with van der Waals surface area (Å²) in [7, 11) is -3.11. The molecule has 0 aliphatic carbocycles. The van der Waals surface area contributed by atoms with Crippen molar-refractivity contribution in [1.29, 1.82) is 4.78 Å². The molecule has 2 N–H and O–H groups in total. The zero-order valence-corrected chi connectivity index (χ0v) is 19.0. The number of hydrogen-bond acceptors (Lipinski definition) is 5. The number of nitrogens with zero attached hydrogens (tertiary/aromatic N) is 2. The van der Waals surface area contributed by atoms with Crippen LogP contribution < -0.4 is 10.2 Å². The smallest absolute Gasteiger partial charge is 0.255 e. The zero-order valence-electron chi connectivity index (χ0n) is 18.2. The van der Waals surface area contributed by atoms with Gasteiger partial charge in [-0.3, -0.25) is 4.79 Å². The van der Waals surface area contributed by atoms with Gasteiger partial charge in [-0.05, 0) is 48.2 Å². The van der Waals surface area contributed by atoms with Crippen LogP contribution >= 0.6 is 0 Å². The number of anilines is 2. The van der Waals surface area contributed by atoms with Crippen LogP contribution in [0.15, 0.2) is 47.6 Å². The first kappa shape index (κ1) is 23.9. The van der Waals surface area contributed by atoms with Gasteiger partial charge >= 0.3 is 0 Å². The highest BCUT2D eigenvalue weighted by Gasteiger charge is 2.32. The number of carbonyl (C=O) groups excluding carboxylic acids is 1. The lowest BCUT2D eigenvalue weighted by Crippen LogP contribution is -2.26. The van der Waals surface area contributed by atoms with Gasteiger partial charge in [-0.2, -0.15) is 0 Å². The van der Waals surface area contributed by atoms with Crippen LogP contribution in [-0.2, 0) is 9.73 Å². The maximum absolute atomic E-state index is 14.0. The van der Waals surface area contributed by atoms with Gasteiger partial charge in [0.15, 0.2) is 11.6 Å². The van der Waals surface area contributed by atoms with Crippen LogP contribution in [0.2, 0.25) is 0 Å². The summed E-state index contributed by atoms with van der Waals surface area (Å²) in [6.07, 6.45) is 2.06. The molecule has 1 aliphatic rings. The Labute approximate surface area is 194 Å². The minimum absolute atomic E-state index is 0.00571. The SMILES string of the molecule is CS(=N)(=O)c1cc(NC(=O)c2cc(N3CCCC(F)(F)CC3)c3cc(F)c(F)cc3c2)ccn1. The predicted octanol–water partition coefficient (Wildman–Crippen LogP) is 5.43. The fraction of sp³-hybridized carbons (Fsp3) is 0.304. The normalized spacial score (nSPS) is 17.7. The van der Waals surface area contributed by atoms with Gasteiger partial charge in [-0.1, -0.05) is 0 Å². The Hall–Kier alpha value is -3.21. The summed E-state index contributed by atoms with van der Waals surface area (Å²) in [6, 6.07) is 7.61. The average Bonchev–Trinajstić information content (AvgIpc) is 2.94. The third-order valence-electron chi connectivity index (χ3n) is 5.68. The summed E-state index contributed by atoms with van der Waals surface area (Å²) >= 11 is 0. The van der Waals surface area contributed by atoms with Crippen molar-refractivity contribution in [2.24, 2.45) is 0 Å². The molecule has 0 radical (unpaired) electrons. The van der Waals surface area contributed by atoms with Crippen molar-refractivity contribution in [2.75, 3.05) is 29.6 Å². The highest BCUT2D eigenvalue weighted by molar-refractivity contribution is 7.91. The molecular weight excluding hydrogens is 472 g/mol. The van der Waals surface area contributed by atoms with Crippen molar-refractivity contribution >= 4 is 37.8 Å². The van der Waals surface area contributed by atoms with Crippen molar-refractivity contribution in [3.8, 4) is 0 Å². The fourth-order valence-corrected chi connectivity index (χ4v) is 4.55. The van der Waals surface area contributed by atoms with Gasteiger partial charge in [-0.15, -0.1) is 0 Å². The molecular formula is C23H22F4N4O2S. The molecule has 0 saturated carbocycles. The van der Waals surface area contributed by atoms with E-state index in [9.17, 15) is 26.6 Å². The van der Waals surface area contributed by atoms with E-state index in [1.807, 2.05) is 0 Å². The summed E-state index contributed by atoms with van der Waals surface area (Å²) in [6.45, 7) is 0.269. The number of rotatable bonds is 4. The molecule has 180 valence electrons. The molecule has 34 heavy (non-hydrogen) atoms. The van der Waals surface area contributed by atoms with Crippen LogP contribution in [0.4, 0.5) is 28.9 Å². The molecule has 1 amide bonds. The monoisotopic (exact) mass is 494 g/mol. The quantitative estimate of drug-likeness (QED) is 0.474. The van der Waals surface area contributed by atoms with Crippen LogP contribution in [0.25, 0.3) is 10.8 Å². The second-order valence-electron chi connectivity index (χ2n) is 8.36. The van der Waals surface area contributed by atoms with Gasteiger partial charge in [0.1, 0.15) is 5.03 Å². The van der Waals surface area contributed by atoms with Gasteiger partial charge in [0.05, 0.1) is 9.73 Å². The number of fused-ring (bicyclic) bond motifs is 1. The number of alkyl halides is 2. The number of hydrogen-bond donors (Lipinski definition) is 2. The molecule has 11 heteroatoms. The highest BCUT2D eigenvalue weighted by Crippen LogP contribution is 2.35. The first-order valence-corrected chi connectivity index (χ1v) is 12.5.